The van der Waals surface area contributed by atoms with Crippen molar-refractivity contribution in [1.29, 1.82) is 0 Å². The highest BCUT2D eigenvalue weighted by molar-refractivity contribution is 6.31. The Kier molecular flexibility index (Phi) is 7.50. The average Bonchev–Trinajstić information content (AvgIpc) is 2.29. The molecule has 0 bridgehead atoms. The first-order valence-electron chi connectivity index (χ1n) is 6.04. The van der Waals surface area contributed by atoms with E-state index in [2.05, 4.69) is 5.32 Å². The Morgan fingerprint density at radius 3 is 2.43 bits per heavy atom. The molecule has 0 fully saturated rings. The van der Waals surface area contributed by atoms with Gasteiger partial charge < -0.3 is 11.1 Å². The maximum Gasteiger partial charge on any atom is 0.417 e. The third-order valence-electron chi connectivity index (χ3n) is 2.60. The van der Waals surface area contributed by atoms with Crippen LogP contribution in [0.1, 0.15) is 25.8 Å². The molecule has 0 aliphatic carbocycles. The molecule has 0 heterocycles. The maximum atomic E-state index is 12.7. The molecule has 0 spiro atoms. The Morgan fingerprint density at radius 1 is 1.38 bits per heavy atom. The Labute approximate surface area is 132 Å². The van der Waals surface area contributed by atoms with Crippen molar-refractivity contribution in [2.75, 3.05) is 5.32 Å². The first-order chi connectivity index (χ1) is 9.11. The van der Waals surface area contributed by atoms with E-state index >= 15 is 0 Å². The molecule has 0 saturated heterocycles. The Morgan fingerprint density at radius 2 is 1.95 bits per heavy atom. The molecule has 0 aliphatic rings. The summed E-state index contributed by atoms with van der Waals surface area (Å²) in [6.07, 6.45) is -4.12. The van der Waals surface area contributed by atoms with E-state index in [9.17, 15) is 18.0 Å². The first kappa shape index (κ1) is 20.0. The van der Waals surface area contributed by atoms with Crippen molar-refractivity contribution >= 4 is 35.6 Å². The standard InChI is InChI=1S/C13H16ClF3N2O.ClH/c1-7(2)5-11(18)12(20)19-8-3-4-10(14)9(6-8)13(15,16)17;/h3-4,6-7,11H,5,18H2,1-2H3,(H,19,20);1H/t11-;/m0./s1. The summed E-state index contributed by atoms with van der Waals surface area (Å²) in [5, 5.41) is 1.95. The van der Waals surface area contributed by atoms with E-state index in [1.807, 2.05) is 13.8 Å². The van der Waals surface area contributed by atoms with Crippen LogP contribution in [0.2, 0.25) is 5.02 Å². The van der Waals surface area contributed by atoms with Crippen LogP contribution in [0.25, 0.3) is 0 Å². The van der Waals surface area contributed by atoms with Crippen molar-refractivity contribution in [3.8, 4) is 0 Å². The molecule has 120 valence electrons. The van der Waals surface area contributed by atoms with E-state index in [1.165, 1.54) is 6.07 Å². The molecule has 1 aromatic rings. The maximum absolute atomic E-state index is 12.7. The molecule has 1 aromatic carbocycles. The van der Waals surface area contributed by atoms with E-state index < -0.39 is 28.7 Å². The van der Waals surface area contributed by atoms with Gasteiger partial charge in [0.05, 0.1) is 16.6 Å². The molecule has 0 unspecified atom stereocenters. The largest absolute Gasteiger partial charge is 0.417 e. The number of carbonyl (C=O) groups excluding carboxylic acids is 1. The number of amides is 1. The molecule has 0 aromatic heterocycles. The minimum absolute atomic E-state index is 0. The van der Waals surface area contributed by atoms with Gasteiger partial charge in [0.1, 0.15) is 0 Å². The number of hydrogen-bond acceptors (Lipinski definition) is 2. The minimum Gasteiger partial charge on any atom is -0.325 e. The molecule has 1 rings (SSSR count). The summed E-state index contributed by atoms with van der Waals surface area (Å²) >= 11 is 5.49. The molecule has 0 aliphatic heterocycles. The van der Waals surface area contributed by atoms with Crippen molar-refractivity contribution in [3.05, 3.63) is 28.8 Å². The molecule has 1 amide bonds. The topological polar surface area (TPSA) is 55.1 Å². The van der Waals surface area contributed by atoms with Gasteiger partial charge in [0.25, 0.3) is 0 Å². The van der Waals surface area contributed by atoms with E-state index in [4.69, 9.17) is 17.3 Å². The molecule has 0 radical (unpaired) electrons. The van der Waals surface area contributed by atoms with Gasteiger partial charge in [-0.2, -0.15) is 13.2 Å². The monoisotopic (exact) mass is 344 g/mol. The number of halogens is 5. The zero-order chi connectivity index (χ0) is 15.5. The van der Waals surface area contributed by atoms with Crippen molar-refractivity contribution in [2.45, 2.75) is 32.5 Å². The zero-order valence-corrected chi connectivity index (χ0v) is 13.1. The quantitative estimate of drug-likeness (QED) is 0.864. The van der Waals surface area contributed by atoms with Crippen molar-refractivity contribution in [2.24, 2.45) is 11.7 Å². The highest BCUT2D eigenvalue weighted by Crippen LogP contribution is 2.36. The van der Waals surface area contributed by atoms with Crippen LogP contribution in [0.15, 0.2) is 18.2 Å². The van der Waals surface area contributed by atoms with Gasteiger partial charge in [-0.3, -0.25) is 4.79 Å². The number of anilines is 1. The molecule has 21 heavy (non-hydrogen) atoms. The van der Waals surface area contributed by atoms with Gasteiger partial charge in [-0.05, 0) is 30.5 Å². The van der Waals surface area contributed by atoms with Gasteiger partial charge in [-0.25, -0.2) is 0 Å². The van der Waals surface area contributed by atoms with Crippen molar-refractivity contribution < 1.29 is 18.0 Å². The minimum atomic E-state index is -4.57. The summed E-state index contributed by atoms with van der Waals surface area (Å²) in [4.78, 5) is 11.7. The fourth-order valence-electron chi connectivity index (χ4n) is 1.67. The van der Waals surface area contributed by atoms with Crippen LogP contribution in [0, 0.1) is 5.92 Å². The molecular weight excluding hydrogens is 328 g/mol. The molecule has 1 atom stereocenters. The van der Waals surface area contributed by atoms with E-state index in [0.717, 1.165) is 12.1 Å². The number of carbonyl (C=O) groups is 1. The van der Waals surface area contributed by atoms with Gasteiger partial charge >= 0.3 is 6.18 Å². The summed E-state index contributed by atoms with van der Waals surface area (Å²) in [5.41, 5.74) is 4.69. The summed E-state index contributed by atoms with van der Waals surface area (Å²) in [5.74, 6) is -0.305. The average molecular weight is 345 g/mol. The van der Waals surface area contributed by atoms with Crippen LogP contribution < -0.4 is 11.1 Å². The van der Waals surface area contributed by atoms with E-state index in [0.29, 0.717) is 6.42 Å². The summed E-state index contributed by atoms with van der Waals surface area (Å²) in [7, 11) is 0. The fourth-order valence-corrected chi connectivity index (χ4v) is 1.89. The number of benzene rings is 1. The number of alkyl halides is 3. The fraction of sp³-hybridized carbons (Fsp3) is 0.462. The molecule has 0 saturated carbocycles. The number of nitrogens with two attached hydrogens (primary N) is 1. The molecule has 3 N–H and O–H groups in total. The van der Waals surface area contributed by atoms with Crippen LogP contribution in [0.5, 0.6) is 0 Å². The highest BCUT2D eigenvalue weighted by Gasteiger charge is 2.33. The second-order valence-corrected chi connectivity index (χ2v) is 5.32. The smallest absolute Gasteiger partial charge is 0.325 e. The van der Waals surface area contributed by atoms with Gasteiger partial charge in [-0.15, -0.1) is 12.4 Å². The molecular formula is C13H17Cl2F3N2O. The van der Waals surface area contributed by atoms with Gasteiger partial charge in [0, 0.05) is 5.69 Å². The van der Waals surface area contributed by atoms with Gasteiger partial charge in [0.2, 0.25) is 5.91 Å². The second kappa shape index (κ2) is 7.87. The third kappa shape index (κ3) is 6.11. The molecule has 8 heteroatoms. The van der Waals surface area contributed by atoms with Crippen LogP contribution in [0.4, 0.5) is 18.9 Å². The Hall–Kier alpha value is -0.980. The van der Waals surface area contributed by atoms with Crippen LogP contribution in [-0.4, -0.2) is 11.9 Å². The number of hydrogen-bond donors (Lipinski definition) is 2. The van der Waals surface area contributed by atoms with Gasteiger partial charge in [0.15, 0.2) is 0 Å². The van der Waals surface area contributed by atoms with E-state index in [1.54, 1.807) is 0 Å². The number of rotatable bonds is 4. The van der Waals surface area contributed by atoms with E-state index in [-0.39, 0.29) is 24.0 Å². The predicted molar refractivity (Wildman–Crippen MR) is 79.8 cm³/mol. The second-order valence-electron chi connectivity index (χ2n) is 4.92. The summed E-state index contributed by atoms with van der Waals surface area (Å²) < 4.78 is 38.0. The van der Waals surface area contributed by atoms with Crippen LogP contribution in [0.3, 0.4) is 0 Å². The Bertz CT molecular complexity index is 493. The highest BCUT2D eigenvalue weighted by atomic mass is 35.5. The van der Waals surface area contributed by atoms with Crippen LogP contribution >= 0.6 is 24.0 Å². The lowest BCUT2D eigenvalue weighted by Gasteiger charge is -2.15. The summed E-state index contributed by atoms with van der Waals surface area (Å²) in [6, 6.07) is 2.42. The lowest BCUT2D eigenvalue weighted by atomic mass is 10.0. The lowest BCUT2D eigenvalue weighted by Crippen LogP contribution is -2.36. The summed E-state index contributed by atoms with van der Waals surface area (Å²) in [6.45, 7) is 3.80. The Balaban J connectivity index is 0.00000400. The van der Waals surface area contributed by atoms with Crippen molar-refractivity contribution in [3.63, 3.8) is 0 Å². The lowest BCUT2D eigenvalue weighted by molar-refractivity contribution is -0.137. The third-order valence-corrected chi connectivity index (χ3v) is 2.93. The first-order valence-corrected chi connectivity index (χ1v) is 6.42. The van der Waals surface area contributed by atoms with Gasteiger partial charge in [-0.1, -0.05) is 25.4 Å². The number of nitrogens with one attached hydrogen (secondary N) is 1. The normalized spacial score (nSPS) is 12.8. The zero-order valence-electron chi connectivity index (χ0n) is 11.5. The molecule has 3 nitrogen and oxygen atoms in total. The SMILES string of the molecule is CC(C)C[C@H](N)C(=O)Nc1ccc(Cl)c(C(F)(F)F)c1.Cl. The predicted octanol–water partition coefficient (Wildman–Crippen LogP) is 4.09. The van der Waals surface area contributed by atoms with Crippen molar-refractivity contribution in [1.82, 2.24) is 0 Å². The van der Waals surface area contributed by atoms with Crippen LogP contribution in [-0.2, 0) is 11.0 Å².